The van der Waals surface area contributed by atoms with Gasteiger partial charge in [-0.15, -0.1) is 0 Å². The molecule has 210 valence electrons. The molecule has 0 saturated carbocycles. The summed E-state index contributed by atoms with van der Waals surface area (Å²) < 4.78 is 57.1. The summed E-state index contributed by atoms with van der Waals surface area (Å²) in [4.78, 5) is 11.4. The Labute approximate surface area is 244 Å². The summed E-state index contributed by atoms with van der Waals surface area (Å²) in [5, 5.41) is 3.08. The van der Waals surface area contributed by atoms with Crippen LogP contribution in [-0.4, -0.2) is 53.2 Å². The van der Waals surface area contributed by atoms with Crippen LogP contribution in [-0.2, 0) is 6.54 Å². The van der Waals surface area contributed by atoms with Crippen molar-refractivity contribution in [1.82, 2.24) is 9.97 Å². The number of rotatable bonds is 7. The first kappa shape index (κ1) is 29.5. The fraction of sp³-hybridized carbons (Fsp3) is 0.448. The third-order valence-electron chi connectivity index (χ3n) is 8.32. The van der Waals surface area contributed by atoms with Crippen molar-refractivity contribution in [3.63, 3.8) is 0 Å². The standard InChI is InChI=1S/C29H34F4N5.HI/c1-2-38(14-4-3-5-15-38)23-10-12-37(13-11-23)29-35-19-25(24-9-8-22(31)17-27(24)33)28(36-29)34-18-20-6-7-21(30)16-26(20)32;/h6-9,16-17,19,23H,2-5,10-15,18H2,1H3,(H,34,35,36);1H/q+1;/p-1. The third-order valence-corrected chi connectivity index (χ3v) is 8.32. The third kappa shape index (κ3) is 6.48. The van der Waals surface area contributed by atoms with Crippen LogP contribution in [0.2, 0.25) is 0 Å². The summed E-state index contributed by atoms with van der Waals surface area (Å²) in [6.07, 6.45) is 7.54. The second-order valence-electron chi connectivity index (χ2n) is 10.4. The van der Waals surface area contributed by atoms with Gasteiger partial charge in [0, 0.05) is 67.5 Å². The number of nitrogens with zero attached hydrogens (tertiary/aromatic N) is 4. The molecule has 0 bridgehead atoms. The van der Waals surface area contributed by atoms with Gasteiger partial charge in [0.05, 0.1) is 25.7 Å². The Bertz CT molecular complexity index is 1280. The molecule has 3 heterocycles. The second-order valence-corrected chi connectivity index (χ2v) is 10.4. The zero-order valence-corrected chi connectivity index (χ0v) is 24.2. The number of quaternary nitrogens is 1. The number of halogens is 5. The lowest BCUT2D eigenvalue weighted by atomic mass is 9.96. The molecule has 2 aromatic carbocycles. The molecule has 2 fully saturated rings. The van der Waals surface area contributed by atoms with Gasteiger partial charge in [0.25, 0.3) is 0 Å². The molecule has 0 atom stereocenters. The van der Waals surface area contributed by atoms with Crippen molar-refractivity contribution in [3.05, 3.63) is 71.4 Å². The Morgan fingerprint density at radius 3 is 2.21 bits per heavy atom. The van der Waals surface area contributed by atoms with Gasteiger partial charge in [-0.2, -0.15) is 4.98 Å². The first-order valence-corrected chi connectivity index (χ1v) is 13.5. The van der Waals surface area contributed by atoms with Gasteiger partial charge in [0.1, 0.15) is 29.1 Å². The van der Waals surface area contributed by atoms with E-state index in [-0.39, 0.29) is 41.6 Å². The molecular formula is C29H34F4IN5. The molecular weight excluding hydrogens is 621 g/mol. The average molecular weight is 656 g/mol. The first-order chi connectivity index (χ1) is 18.4. The molecule has 2 saturated heterocycles. The monoisotopic (exact) mass is 655 g/mol. The van der Waals surface area contributed by atoms with Gasteiger partial charge in [0.15, 0.2) is 0 Å². The fourth-order valence-corrected chi connectivity index (χ4v) is 6.10. The van der Waals surface area contributed by atoms with Crippen LogP contribution in [0.15, 0.2) is 42.6 Å². The Morgan fingerprint density at radius 1 is 0.897 bits per heavy atom. The zero-order chi connectivity index (χ0) is 26.7. The van der Waals surface area contributed by atoms with Crippen LogP contribution < -0.4 is 34.2 Å². The fourth-order valence-electron chi connectivity index (χ4n) is 6.10. The van der Waals surface area contributed by atoms with Crippen molar-refractivity contribution in [2.45, 2.75) is 51.6 Å². The number of nitrogens with one attached hydrogen (secondary N) is 1. The number of aromatic nitrogens is 2. The van der Waals surface area contributed by atoms with E-state index in [1.165, 1.54) is 67.3 Å². The molecule has 0 unspecified atom stereocenters. The van der Waals surface area contributed by atoms with Crippen molar-refractivity contribution < 1.29 is 46.0 Å². The predicted octanol–water partition coefficient (Wildman–Crippen LogP) is 3.31. The van der Waals surface area contributed by atoms with E-state index in [4.69, 9.17) is 4.98 Å². The summed E-state index contributed by atoms with van der Waals surface area (Å²) >= 11 is 0. The van der Waals surface area contributed by atoms with Crippen LogP contribution in [0, 0.1) is 23.3 Å². The van der Waals surface area contributed by atoms with E-state index in [1.807, 2.05) is 0 Å². The van der Waals surface area contributed by atoms with E-state index in [9.17, 15) is 17.6 Å². The van der Waals surface area contributed by atoms with Crippen molar-refractivity contribution >= 4 is 11.8 Å². The maximum Gasteiger partial charge on any atom is 0.227 e. The normalized spacial score (nSPS) is 17.5. The minimum atomic E-state index is -0.742. The number of piperidine rings is 2. The summed E-state index contributed by atoms with van der Waals surface area (Å²) in [6, 6.07) is 7.31. The number of hydrogen-bond donors (Lipinski definition) is 1. The van der Waals surface area contributed by atoms with Gasteiger partial charge < -0.3 is 38.7 Å². The van der Waals surface area contributed by atoms with E-state index in [1.54, 1.807) is 0 Å². The Morgan fingerprint density at radius 2 is 1.56 bits per heavy atom. The highest BCUT2D eigenvalue weighted by molar-refractivity contribution is 5.75. The molecule has 5 rings (SSSR count). The topological polar surface area (TPSA) is 41.1 Å². The van der Waals surface area contributed by atoms with Crippen molar-refractivity contribution in [2.75, 3.05) is 42.9 Å². The average Bonchev–Trinajstić information content (AvgIpc) is 2.93. The molecule has 5 nitrogen and oxygen atoms in total. The lowest BCUT2D eigenvalue weighted by Gasteiger charge is -2.49. The van der Waals surface area contributed by atoms with Crippen LogP contribution in [0.5, 0.6) is 0 Å². The summed E-state index contributed by atoms with van der Waals surface area (Å²) in [5.41, 5.74) is 0.721. The maximum absolute atomic E-state index is 14.7. The van der Waals surface area contributed by atoms with Crippen LogP contribution >= 0.6 is 0 Å². The smallest absolute Gasteiger partial charge is 0.227 e. The lowest BCUT2D eigenvalue weighted by molar-refractivity contribution is -0.954. The SMILES string of the molecule is CC[N+]1(C2CCN(c3ncc(-c4ccc(F)cc4F)c(NCc4ccc(F)cc4F)n3)CC2)CCCCC1.[I-]. The predicted molar refractivity (Wildman–Crippen MR) is 141 cm³/mol. The lowest BCUT2D eigenvalue weighted by Crippen LogP contribution is -3.00. The first-order valence-electron chi connectivity index (χ1n) is 13.5. The van der Waals surface area contributed by atoms with Crippen molar-refractivity contribution in [3.8, 4) is 11.1 Å². The molecule has 39 heavy (non-hydrogen) atoms. The number of benzene rings is 2. The molecule has 0 radical (unpaired) electrons. The second kappa shape index (κ2) is 12.8. The van der Waals surface area contributed by atoms with E-state index in [0.717, 1.165) is 44.6 Å². The van der Waals surface area contributed by atoms with E-state index < -0.39 is 23.3 Å². The molecule has 10 heteroatoms. The van der Waals surface area contributed by atoms with Crippen LogP contribution in [0.3, 0.4) is 0 Å². The van der Waals surface area contributed by atoms with Crippen molar-refractivity contribution in [1.29, 1.82) is 0 Å². The van der Waals surface area contributed by atoms with E-state index in [0.29, 0.717) is 23.4 Å². The maximum atomic E-state index is 14.7. The summed E-state index contributed by atoms with van der Waals surface area (Å²) in [6.45, 7) is 7.62. The molecule has 0 aliphatic carbocycles. The van der Waals surface area contributed by atoms with Gasteiger partial charge >= 0.3 is 0 Å². The van der Waals surface area contributed by atoms with Crippen LogP contribution in [0.25, 0.3) is 11.1 Å². The Hall–Kier alpha value is -2.47. The minimum absolute atomic E-state index is 0. The molecule has 2 aliphatic rings. The van der Waals surface area contributed by atoms with Gasteiger partial charge in [-0.1, -0.05) is 6.07 Å². The molecule has 2 aliphatic heterocycles. The molecule has 0 spiro atoms. The zero-order valence-electron chi connectivity index (χ0n) is 22.1. The van der Waals surface area contributed by atoms with Gasteiger partial charge in [0.2, 0.25) is 5.95 Å². The largest absolute Gasteiger partial charge is 1.00 e. The number of likely N-dealkylation sites (tertiary alicyclic amines) is 1. The Kier molecular flexibility index (Phi) is 9.69. The van der Waals surface area contributed by atoms with E-state index in [2.05, 4.69) is 22.1 Å². The van der Waals surface area contributed by atoms with Crippen LogP contribution in [0.1, 0.15) is 44.6 Å². The van der Waals surface area contributed by atoms with E-state index >= 15 is 0 Å². The molecule has 0 amide bonds. The molecule has 1 N–H and O–H groups in total. The van der Waals surface area contributed by atoms with Gasteiger partial charge in [-0.25, -0.2) is 22.5 Å². The quantitative estimate of drug-likeness (QED) is 0.241. The molecule has 3 aromatic rings. The summed E-state index contributed by atoms with van der Waals surface area (Å²) in [7, 11) is 0. The highest BCUT2D eigenvalue weighted by atomic mass is 127. The van der Waals surface area contributed by atoms with Crippen LogP contribution in [0.4, 0.5) is 29.3 Å². The van der Waals surface area contributed by atoms with Gasteiger partial charge in [-0.3, -0.25) is 0 Å². The van der Waals surface area contributed by atoms with Gasteiger partial charge in [-0.05, 0) is 44.4 Å². The summed E-state index contributed by atoms with van der Waals surface area (Å²) in [5.74, 6) is -1.96. The van der Waals surface area contributed by atoms with Crippen molar-refractivity contribution in [2.24, 2.45) is 0 Å². The Balaban J connectivity index is 0.00000353. The minimum Gasteiger partial charge on any atom is -1.00 e. The highest BCUT2D eigenvalue weighted by Gasteiger charge is 2.39. The number of hydrogen-bond acceptors (Lipinski definition) is 4. The number of anilines is 2. The highest BCUT2D eigenvalue weighted by Crippen LogP contribution is 2.33. The molecule has 1 aromatic heterocycles.